The van der Waals surface area contributed by atoms with Crippen molar-refractivity contribution in [2.24, 2.45) is 0 Å². The average molecular weight is 456 g/mol. The van der Waals surface area contributed by atoms with Gasteiger partial charge in [0.1, 0.15) is 5.01 Å². The summed E-state index contributed by atoms with van der Waals surface area (Å²) in [6.07, 6.45) is 0.258. The van der Waals surface area contributed by atoms with Crippen LogP contribution in [-0.4, -0.2) is 58.9 Å². The smallest absolute Gasteiger partial charge is 0.232 e. The van der Waals surface area contributed by atoms with Gasteiger partial charge in [0.05, 0.1) is 17.8 Å². The third-order valence-electron chi connectivity index (χ3n) is 5.43. The first-order valence-corrected chi connectivity index (χ1v) is 12.4. The predicted octanol–water partition coefficient (Wildman–Crippen LogP) is 4.32. The van der Waals surface area contributed by atoms with Crippen LogP contribution in [0.1, 0.15) is 36.7 Å². The molecule has 31 heavy (non-hydrogen) atoms. The zero-order valence-corrected chi connectivity index (χ0v) is 19.9. The lowest BCUT2D eigenvalue weighted by Gasteiger charge is -2.32. The van der Waals surface area contributed by atoms with Gasteiger partial charge < -0.3 is 10.2 Å². The molecule has 1 aliphatic heterocycles. The van der Waals surface area contributed by atoms with Crippen molar-refractivity contribution < 1.29 is 4.79 Å². The fourth-order valence-corrected chi connectivity index (χ4v) is 5.23. The van der Waals surface area contributed by atoms with Crippen molar-refractivity contribution >= 4 is 33.7 Å². The molecule has 1 saturated heterocycles. The van der Waals surface area contributed by atoms with E-state index in [0.29, 0.717) is 11.0 Å². The van der Waals surface area contributed by atoms with Gasteiger partial charge in [0.25, 0.3) is 0 Å². The minimum absolute atomic E-state index is 0.0784. The lowest BCUT2D eigenvalue weighted by molar-refractivity contribution is -0.115. The summed E-state index contributed by atoms with van der Waals surface area (Å²) in [5.74, 6) is 0.278. The van der Waals surface area contributed by atoms with E-state index >= 15 is 0 Å². The van der Waals surface area contributed by atoms with E-state index in [-0.39, 0.29) is 12.3 Å². The molecule has 1 amide bonds. The molecule has 0 aliphatic carbocycles. The largest absolute Gasteiger partial charge is 0.304 e. The number of rotatable bonds is 7. The Kier molecular flexibility index (Phi) is 7.12. The molecule has 1 N–H and O–H groups in total. The number of aromatic nitrogens is 2. The maximum atomic E-state index is 12.4. The molecule has 6 nitrogen and oxygen atoms in total. The van der Waals surface area contributed by atoms with E-state index in [9.17, 15) is 4.79 Å². The van der Waals surface area contributed by atoms with Gasteiger partial charge in [-0.2, -0.15) is 0 Å². The number of anilines is 1. The summed E-state index contributed by atoms with van der Waals surface area (Å²) in [7, 11) is 2.18. The van der Waals surface area contributed by atoms with Crippen LogP contribution in [0.15, 0.2) is 35.0 Å². The number of carbonyl (C=O) groups is 1. The Balaban J connectivity index is 1.36. The molecule has 0 atom stereocenters. The maximum Gasteiger partial charge on any atom is 0.232 e. The highest BCUT2D eigenvalue weighted by Crippen LogP contribution is 2.26. The number of hydrogen-bond donors (Lipinski definition) is 1. The zero-order valence-electron chi connectivity index (χ0n) is 18.3. The normalized spacial score (nSPS) is 15.5. The minimum Gasteiger partial charge on any atom is -0.304 e. The number of carbonyl (C=O) groups excluding carboxylic acids is 1. The van der Waals surface area contributed by atoms with Crippen LogP contribution in [0.2, 0.25) is 0 Å². The highest BCUT2D eigenvalue weighted by atomic mass is 32.1. The van der Waals surface area contributed by atoms with Crippen LogP contribution >= 0.6 is 22.7 Å². The van der Waals surface area contributed by atoms with Crippen molar-refractivity contribution in [3.63, 3.8) is 0 Å². The lowest BCUT2D eigenvalue weighted by Crippen LogP contribution is -2.43. The lowest BCUT2D eigenvalue weighted by atomic mass is 10.1. The second-order valence-corrected chi connectivity index (χ2v) is 10.1. The number of nitrogens with zero attached hydrogens (tertiary/aromatic N) is 4. The standard InChI is InChI=1S/C23H29N5OS2/c1-16(2)20-15-31-23(25-20)26-21(29)12-19-14-30-22(24-19)18-6-4-5-17(11-18)13-28-9-7-27(3)8-10-28/h4-6,11,14-16H,7-10,12-13H2,1-3H3,(H,25,26,29). The summed E-state index contributed by atoms with van der Waals surface area (Å²) in [4.78, 5) is 26.5. The van der Waals surface area contributed by atoms with Gasteiger partial charge in [-0.05, 0) is 24.6 Å². The van der Waals surface area contributed by atoms with E-state index in [1.165, 1.54) is 16.9 Å². The first-order valence-electron chi connectivity index (χ1n) is 10.7. The second kappa shape index (κ2) is 9.99. The van der Waals surface area contributed by atoms with Gasteiger partial charge in [0.2, 0.25) is 5.91 Å². The molecule has 1 aromatic carbocycles. The molecule has 1 aliphatic rings. The van der Waals surface area contributed by atoms with Crippen LogP contribution in [0.3, 0.4) is 0 Å². The van der Waals surface area contributed by atoms with Crippen LogP contribution in [0.25, 0.3) is 10.6 Å². The summed E-state index contributed by atoms with van der Waals surface area (Å²) >= 11 is 3.06. The summed E-state index contributed by atoms with van der Waals surface area (Å²) in [5, 5.41) is 8.48. The fraction of sp³-hybridized carbons (Fsp3) is 0.435. The van der Waals surface area contributed by atoms with Gasteiger partial charge >= 0.3 is 0 Å². The summed E-state index contributed by atoms with van der Waals surface area (Å²) in [6, 6.07) is 8.61. The van der Waals surface area contributed by atoms with E-state index in [2.05, 4.69) is 65.3 Å². The number of piperazine rings is 1. The van der Waals surface area contributed by atoms with E-state index < -0.39 is 0 Å². The first kappa shape index (κ1) is 22.1. The number of hydrogen-bond acceptors (Lipinski definition) is 7. The van der Waals surface area contributed by atoms with Gasteiger partial charge in [0, 0.05) is 49.0 Å². The molecule has 8 heteroatoms. The van der Waals surface area contributed by atoms with Crippen molar-refractivity contribution in [3.05, 3.63) is 52.0 Å². The average Bonchev–Trinajstić information content (AvgIpc) is 3.40. The van der Waals surface area contributed by atoms with Crippen molar-refractivity contribution in [2.45, 2.75) is 32.7 Å². The molecule has 0 bridgehead atoms. The third-order valence-corrected chi connectivity index (χ3v) is 7.15. The predicted molar refractivity (Wildman–Crippen MR) is 129 cm³/mol. The number of benzene rings is 1. The molecule has 2 aromatic heterocycles. The summed E-state index contributed by atoms with van der Waals surface area (Å²) in [6.45, 7) is 9.61. The number of amides is 1. The van der Waals surface area contributed by atoms with Gasteiger partial charge in [-0.15, -0.1) is 22.7 Å². The zero-order chi connectivity index (χ0) is 21.8. The van der Waals surface area contributed by atoms with Crippen molar-refractivity contribution in [3.8, 4) is 10.6 Å². The molecular formula is C23H29N5OS2. The first-order chi connectivity index (χ1) is 15.0. The van der Waals surface area contributed by atoms with Crippen molar-refractivity contribution in [1.82, 2.24) is 19.8 Å². The Morgan fingerprint density at radius 3 is 2.68 bits per heavy atom. The molecule has 0 spiro atoms. The topological polar surface area (TPSA) is 61.4 Å². The molecule has 164 valence electrons. The highest BCUT2D eigenvalue weighted by Gasteiger charge is 2.15. The summed E-state index contributed by atoms with van der Waals surface area (Å²) < 4.78 is 0. The van der Waals surface area contributed by atoms with Crippen LogP contribution in [-0.2, 0) is 17.8 Å². The van der Waals surface area contributed by atoms with Gasteiger partial charge in [-0.3, -0.25) is 9.69 Å². The van der Waals surface area contributed by atoms with E-state index in [4.69, 9.17) is 4.98 Å². The van der Waals surface area contributed by atoms with Crippen LogP contribution in [0.4, 0.5) is 5.13 Å². The third kappa shape index (κ3) is 5.98. The van der Waals surface area contributed by atoms with Crippen LogP contribution in [0, 0.1) is 0 Å². The SMILES string of the molecule is CC(C)c1csc(NC(=O)Cc2csc(-c3cccc(CN4CCN(C)CC4)c3)n2)n1. The Morgan fingerprint density at radius 1 is 1.13 bits per heavy atom. The van der Waals surface area contributed by atoms with Crippen molar-refractivity contribution in [2.75, 3.05) is 38.5 Å². The maximum absolute atomic E-state index is 12.4. The Hall–Kier alpha value is -2.13. The van der Waals surface area contributed by atoms with Gasteiger partial charge in [0.15, 0.2) is 5.13 Å². The molecule has 0 unspecified atom stereocenters. The van der Waals surface area contributed by atoms with Crippen LogP contribution < -0.4 is 5.32 Å². The Morgan fingerprint density at radius 2 is 1.94 bits per heavy atom. The molecule has 3 heterocycles. The van der Waals surface area contributed by atoms with E-state index in [0.717, 1.165) is 54.7 Å². The second-order valence-electron chi connectivity index (χ2n) is 8.38. The molecule has 4 rings (SSSR count). The van der Waals surface area contributed by atoms with Crippen LogP contribution in [0.5, 0.6) is 0 Å². The van der Waals surface area contributed by atoms with Gasteiger partial charge in [-0.25, -0.2) is 9.97 Å². The number of thiazole rings is 2. The molecule has 0 saturated carbocycles. The molecule has 1 fully saturated rings. The highest BCUT2D eigenvalue weighted by molar-refractivity contribution is 7.14. The van der Waals surface area contributed by atoms with Crippen molar-refractivity contribution in [1.29, 1.82) is 0 Å². The summed E-state index contributed by atoms with van der Waals surface area (Å²) in [5.41, 5.74) is 4.22. The van der Waals surface area contributed by atoms with E-state index in [1.807, 2.05) is 10.8 Å². The molecule has 0 radical (unpaired) electrons. The monoisotopic (exact) mass is 455 g/mol. The van der Waals surface area contributed by atoms with E-state index in [1.54, 1.807) is 11.3 Å². The fourth-order valence-electron chi connectivity index (χ4n) is 3.52. The quantitative estimate of drug-likeness (QED) is 0.575. The molecule has 3 aromatic rings. The number of likely N-dealkylation sites (N-methyl/N-ethyl adjacent to an activating group) is 1. The Bertz CT molecular complexity index is 1020. The number of nitrogens with one attached hydrogen (secondary N) is 1. The Labute approximate surface area is 192 Å². The molecular weight excluding hydrogens is 426 g/mol. The minimum atomic E-state index is -0.0784. The van der Waals surface area contributed by atoms with Gasteiger partial charge in [-0.1, -0.05) is 32.0 Å².